The molecule has 1 unspecified atom stereocenters. The summed E-state index contributed by atoms with van der Waals surface area (Å²) in [6.07, 6.45) is 5.18. The predicted molar refractivity (Wildman–Crippen MR) is 92.6 cm³/mol. The molecule has 0 fully saturated rings. The Morgan fingerprint density at radius 1 is 1.36 bits per heavy atom. The van der Waals surface area contributed by atoms with Crippen LogP contribution in [0.5, 0.6) is 0 Å². The van der Waals surface area contributed by atoms with Crippen LogP contribution in [-0.4, -0.2) is 31.9 Å². The third-order valence-electron chi connectivity index (χ3n) is 3.37. The van der Waals surface area contributed by atoms with Crippen LogP contribution in [0.15, 0.2) is 36.1 Å². The number of hydrogen-bond donors (Lipinski definition) is 2. The lowest BCUT2D eigenvalue weighted by Gasteiger charge is -2.13. The van der Waals surface area contributed by atoms with Crippen molar-refractivity contribution in [1.29, 1.82) is 0 Å². The zero-order chi connectivity index (χ0) is 17.8. The Morgan fingerprint density at radius 2 is 2.12 bits per heavy atom. The molecule has 3 heterocycles. The Bertz CT molecular complexity index is 882. The lowest BCUT2D eigenvalue weighted by molar-refractivity contribution is 0.0996. The Kier molecular flexibility index (Phi) is 4.94. The van der Waals surface area contributed by atoms with Gasteiger partial charge in [0.05, 0.1) is 5.69 Å². The summed E-state index contributed by atoms with van der Waals surface area (Å²) in [5.74, 6) is -0.488. The zero-order valence-electron chi connectivity index (χ0n) is 13.3. The summed E-state index contributed by atoms with van der Waals surface area (Å²) in [4.78, 5) is 27.7. The minimum Gasteiger partial charge on any atom is -0.364 e. The first-order chi connectivity index (χ1) is 12.0. The van der Waals surface area contributed by atoms with Gasteiger partial charge in [-0.1, -0.05) is 0 Å². The maximum atomic E-state index is 13.6. The number of nitrogens with one attached hydrogen (secondary N) is 1. The number of halogens is 1. The molecule has 0 aliphatic rings. The van der Waals surface area contributed by atoms with Crippen molar-refractivity contribution in [1.82, 2.24) is 19.9 Å². The summed E-state index contributed by atoms with van der Waals surface area (Å²) in [5.41, 5.74) is 6.48. The normalized spacial score (nSPS) is 11.9. The van der Waals surface area contributed by atoms with Gasteiger partial charge in [0.1, 0.15) is 16.5 Å². The van der Waals surface area contributed by atoms with Crippen molar-refractivity contribution >= 4 is 23.2 Å². The van der Waals surface area contributed by atoms with E-state index < -0.39 is 5.91 Å². The minimum absolute atomic E-state index is 0.100. The summed E-state index contributed by atoms with van der Waals surface area (Å²) in [5, 5.41) is 5.31. The van der Waals surface area contributed by atoms with Crippen molar-refractivity contribution in [2.24, 2.45) is 5.73 Å². The van der Waals surface area contributed by atoms with Gasteiger partial charge in [-0.05, 0) is 19.1 Å². The number of amides is 1. The van der Waals surface area contributed by atoms with Gasteiger partial charge in [0, 0.05) is 42.0 Å². The second kappa shape index (κ2) is 7.31. The number of carbonyl (C=O) groups excluding carboxylic acids is 1. The van der Waals surface area contributed by atoms with Crippen molar-refractivity contribution in [2.45, 2.75) is 19.4 Å². The summed E-state index contributed by atoms with van der Waals surface area (Å²) in [6, 6.07) is 2.84. The molecule has 3 aromatic heterocycles. The smallest absolute Gasteiger partial charge is 0.268 e. The maximum absolute atomic E-state index is 13.6. The second-order valence-corrected chi connectivity index (χ2v) is 6.24. The number of nitrogens with two attached hydrogens (primary N) is 1. The van der Waals surface area contributed by atoms with Crippen molar-refractivity contribution in [3.63, 3.8) is 0 Å². The molecule has 128 valence electrons. The van der Waals surface area contributed by atoms with Gasteiger partial charge in [-0.15, -0.1) is 11.3 Å². The molecule has 9 heteroatoms. The van der Waals surface area contributed by atoms with Gasteiger partial charge in [0.15, 0.2) is 0 Å². The van der Waals surface area contributed by atoms with E-state index in [1.165, 1.54) is 17.4 Å². The van der Waals surface area contributed by atoms with Gasteiger partial charge < -0.3 is 11.1 Å². The molecule has 3 rings (SSSR count). The van der Waals surface area contributed by atoms with E-state index in [9.17, 15) is 9.18 Å². The highest BCUT2D eigenvalue weighted by atomic mass is 32.1. The highest BCUT2D eigenvalue weighted by Crippen LogP contribution is 2.22. The van der Waals surface area contributed by atoms with E-state index in [0.717, 1.165) is 0 Å². The number of rotatable bonds is 6. The van der Waals surface area contributed by atoms with E-state index in [1.807, 2.05) is 6.92 Å². The van der Waals surface area contributed by atoms with E-state index >= 15 is 0 Å². The lowest BCUT2D eigenvalue weighted by atomic mass is 10.1. The Hall–Kier alpha value is -2.94. The van der Waals surface area contributed by atoms with E-state index in [4.69, 9.17) is 5.73 Å². The van der Waals surface area contributed by atoms with E-state index in [2.05, 4.69) is 25.3 Å². The molecule has 0 aromatic carbocycles. The molecule has 25 heavy (non-hydrogen) atoms. The third-order valence-corrected chi connectivity index (χ3v) is 4.26. The Balaban J connectivity index is 1.65. The molecule has 0 saturated heterocycles. The fourth-order valence-corrected chi connectivity index (χ4v) is 2.95. The molecule has 1 amide bonds. The monoisotopic (exact) mass is 358 g/mol. The summed E-state index contributed by atoms with van der Waals surface area (Å²) >= 11 is 1.29. The van der Waals surface area contributed by atoms with Crippen LogP contribution in [0.25, 0.3) is 10.6 Å². The molecule has 0 aliphatic carbocycles. The molecular formula is C16H15FN6OS. The standard InChI is InChI=1S/C16H15FN6OS/c1-9(5-12-11(17)3-2-4-19-12)22-16-20-6-10(7-21-16)15-23-13(8-25-15)14(18)24/h2-4,6-9H,5H2,1H3,(H2,18,24)(H,20,21,22). The predicted octanol–water partition coefficient (Wildman–Crippen LogP) is 2.28. The molecule has 7 nitrogen and oxygen atoms in total. The van der Waals surface area contributed by atoms with Crippen LogP contribution in [0.1, 0.15) is 23.1 Å². The molecular weight excluding hydrogens is 343 g/mol. The van der Waals surface area contributed by atoms with E-state index in [-0.39, 0.29) is 17.6 Å². The molecule has 0 radical (unpaired) electrons. The zero-order valence-corrected chi connectivity index (χ0v) is 14.1. The quantitative estimate of drug-likeness (QED) is 0.700. The van der Waals surface area contributed by atoms with Crippen molar-refractivity contribution in [3.05, 3.63) is 53.3 Å². The minimum atomic E-state index is -0.572. The van der Waals surface area contributed by atoms with Crippen LogP contribution in [0.3, 0.4) is 0 Å². The van der Waals surface area contributed by atoms with Gasteiger partial charge in [0.2, 0.25) is 5.95 Å². The van der Waals surface area contributed by atoms with Crippen molar-refractivity contribution < 1.29 is 9.18 Å². The second-order valence-electron chi connectivity index (χ2n) is 5.38. The molecule has 0 spiro atoms. The maximum Gasteiger partial charge on any atom is 0.268 e. The average molecular weight is 358 g/mol. The highest BCUT2D eigenvalue weighted by molar-refractivity contribution is 7.13. The molecule has 3 N–H and O–H groups in total. The van der Waals surface area contributed by atoms with Crippen LogP contribution in [0.2, 0.25) is 0 Å². The summed E-state index contributed by atoms with van der Waals surface area (Å²) < 4.78 is 13.6. The number of anilines is 1. The number of pyridine rings is 1. The summed E-state index contributed by atoms with van der Waals surface area (Å²) in [6.45, 7) is 1.89. The molecule has 0 bridgehead atoms. The first kappa shape index (κ1) is 16.9. The van der Waals surface area contributed by atoms with Gasteiger partial charge in [-0.2, -0.15) is 0 Å². The fraction of sp³-hybridized carbons (Fsp3) is 0.188. The number of nitrogens with zero attached hydrogens (tertiary/aromatic N) is 4. The molecule has 3 aromatic rings. The van der Waals surface area contributed by atoms with Crippen LogP contribution >= 0.6 is 11.3 Å². The van der Waals surface area contributed by atoms with Gasteiger partial charge in [-0.3, -0.25) is 9.78 Å². The number of primary amides is 1. The topological polar surface area (TPSA) is 107 Å². The number of thiazole rings is 1. The average Bonchev–Trinajstić information content (AvgIpc) is 3.08. The van der Waals surface area contributed by atoms with Crippen LogP contribution in [0, 0.1) is 5.82 Å². The Labute approximate surface area is 147 Å². The van der Waals surface area contributed by atoms with E-state index in [1.54, 1.807) is 30.0 Å². The van der Waals surface area contributed by atoms with Crippen molar-refractivity contribution in [2.75, 3.05) is 5.32 Å². The Morgan fingerprint density at radius 3 is 2.76 bits per heavy atom. The van der Waals surface area contributed by atoms with Crippen molar-refractivity contribution in [3.8, 4) is 10.6 Å². The van der Waals surface area contributed by atoms with E-state index in [0.29, 0.717) is 28.6 Å². The highest BCUT2D eigenvalue weighted by Gasteiger charge is 2.12. The van der Waals surface area contributed by atoms with Gasteiger partial charge >= 0.3 is 0 Å². The third kappa shape index (κ3) is 4.13. The first-order valence-electron chi connectivity index (χ1n) is 7.46. The summed E-state index contributed by atoms with van der Waals surface area (Å²) in [7, 11) is 0. The molecule has 0 aliphatic heterocycles. The fourth-order valence-electron chi connectivity index (χ4n) is 2.16. The van der Waals surface area contributed by atoms with Gasteiger partial charge in [-0.25, -0.2) is 19.3 Å². The number of carbonyl (C=O) groups is 1. The lowest BCUT2D eigenvalue weighted by Crippen LogP contribution is -2.20. The number of hydrogen-bond acceptors (Lipinski definition) is 7. The van der Waals surface area contributed by atoms with Crippen LogP contribution in [-0.2, 0) is 6.42 Å². The van der Waals surface area contributed by atoms with Crippen LogP contribution < -0.4 is 11.1 Å². The van der Waals surface area contributed by atoms with Crippen LogP contribution in [0.4, 0.5) is 10.3 Å². The molecule has 1 atom stereocenters. The largest absolute Gasteiger partial charge is 0.364 e. The SMILES string of the molecule is CC(Cc1ncccc1F)Nc1ncc(-c2nc(C(N)=O)cs2)cn1. The van der Waals surface area contributed by atoms with Gasteiger partial charge in [0.25, 0.3) is 5.91 Å². The number of aromatic nitrogens is 4. The molecule has 0 saturated carbocycles. The first-order valence-corrected chi connectivity index (χ1v) is 8.34.